The predicted molar refractivity (Wildman–Crippen MR) is 167 cm³/mol. The molecule has 0 unspecified atom stereocenters. The molecule has 1 aliphatic heterocycles. The zero-order chi connectivity index (χ0) is 27.2. The summed E-state index contributed by atoms with van der Waals surface area (Å²) in [5.74, 6) is 2.73. The lowest BCUT2D eigenvalue weighted by molar-refractivity contribution is 0.305. The molecule has 0 amide bonds. The van der Waals surface area contributed by atoms with Crippen molar-refractivity contribution in [2.24, 2.45) is 0 Å². The van der Waals surface area contributed by atoms with Crippen molar-refractivity contribution in [3.63, 3.8) is 0 Å². The maximum absolute atomic E-state index is 6.16. The highest BCUT2D eigenvalue weighted by Gasteiger charge is 2.17. The van der Waals surface area contributed by atoms with Gasteiger partial charge in [-0.05, 0) is 96.0 Å². The van der Waals surface area contributed by atoms with Gasteiger partial charge in [-0.1, -0.05) is 82.0 Å². The molecule has 202 valence electrons. The summed E-state index contributed by atoms with van der Waals surface area (Å²) in [5, 5.41) is 0. The van der Waals surface area contributed by atoms with Gasteiger partial charge in [-0.25, -0.2) is 4.42 Å². The molecular formula is C35H45O2S+. The molecule has 0 aliphatic carbocycles. The molecule has 1 aromatic heterocycles. The molecule has 2 aromatic rings. The molecule has 1 aromatic carbocycles. The number of thioether (sulfide) groups is 1. The van der Waals surface area contributed by atoms with E-state index in [9.17, 15) is 0 Å². The van der Waals surface area contributed by atoms with E-state index in [0.29, 0.717) is 0 Å². The van der Waals surface area contributed by atoms with Crippen molar-refractivity contribution in [2.45, 2.75) is 86.0 Å². The summed E-state index contributed by atoms with van der Waals surface area (Å²) in [6.07, 6.45) is 22.8. The van der Waals surface area contributed by atoms with Gasteiger partial charge in [-0.15, -0.1) is 0 Å². The number of benzene rings is 1. The summed E-state index contributed by atoms with van der Waals surface area (Å²) in [6.45, 7) is 11.6. The molecule has 3 rings (SSSR count). The summed E-state index contributed by atoms with van der Waals surface area (Å²) >= 11 is 1.83. The van der Waals surface area contributed by atoms with Crippen LogP contribution in [0, 0.1) is 6.92 Å². The van der Waals surface area contributed by atoms with E-state index >= 15 is 0 Å². The summed E-state index contributed by atoms with van der Waals surface area (Å²) in [7, 11) is 0. The highest BCUT2D eigenvalue weighted by atomic mass is 32.2. The standard InChI is InChI=1S/C35H45O2S/c1-6-8-10-14-22-36-34-20-18-32(19-21-34)35-26-33(23-27(3)37-35)31(16-11-9-7-2)17-13-12-15-30-24-28(4)38-29(5)25-30/h12-13,15,17-21,23-26H,6-11,14,16,22H2,1-5H3/q+1/b13-12+,31-17+. The maximum Gasteiger partial charge on any atom is 0.360 e. The van der Waals surface area contributed by atoms with E-state index in [1.54, 1.807) is 0 Å². The molecular weight excluding hydrogens is 484 g/mol. The van der Waals surface area contributed by atoms with Gasteiger partial charge in [0.2, 0.25) is 0 Å². The van der Waals surface area contributed by atoms with E-state index in [-0.39, 0.29) is 0 Å². The quantitative estimate of drug-likeness (QED) is 0.138. The lowest BCUT2D eigenvalue weighted by atomic mass is 9.98. The SMILES string of the molecule is CCCCCCOc1ccc(-c2cc(/C(=C/C=C/C=C3C=C(C)SC(C)=C3)CCCCC)cc(C)[o+]2)cc1. The Morgan fingerprint density at radius 1 is 0.842 bits per heavy atom. The third kappa shape index (κ3) is 10.2. The second kappa shape index (κ2) is 16.2. The Balaban J connectivity index is 1.78. The number of hydrogen-bond acceptors (Lipinski definition) is 2. The van der Waals surface area contributed by atoms with Crippen LogP contribution in [0.15, 0.2) is 92.7 Å². The highest BCUT2D eigenvalue weighted by molar-refractivity contribution is 8.06. The number of ether oxygens (including phenoxy) is 1. The Kier molecular flexibility index (Phi) is 12.7. The molecule has 0 bridgehead atoms. The molecule has 38 heavy (non-hydrogen) atoms. The summed E-state index contributed by atoms with van der Waals surface area (Å²) in [4.78, 5) is 2.67. The Bertz CT molecular complexity index is 1160. The van der Waals surface area contributed by atoms with E-state index in [2.05, 4.69) is 101 Å². The predicted octanol–water partition coefficient (Wildman–Crippen LogP) is 11.5. The lowest BCUT2D eigenvalue weighted by Gasteiger charge is -2.09. The van der Waals surface area contributed by atoms with Gasteiger partial charge in [0.1, 0.15) is 5.75 Å². The first kappa shape index (κ1) is 29.8. The van der Waals surface area contributed by atoms with E-state index < -0.39 is 0 Å². The first-order chi connectivity index (χ1) is 18.5. The van der Waals surface area contributed by atoms with Gasteiger partial charge in [0.05, 0.1) is 25.2 Å². The molecule has 0 radical (unpaired) electrons. The molecule has 2 heterocycles. The molecule has 0 fully saturated rings. The first-order valence-corrected chi connectivity index (χ1v) is 15.1. The number of allylic oxidation sites excluding steroid dienone is 10. The van der Waals surface area contributed by atoms with Gasteiger partial charge < -0.3 is 4.74 Å². The number of unbranched alkanes of at least 4 members (excludes halogenated alkanes) is 5. The second-order valence-corrected chi connectivity index (χ2v) is 11.6. The largest absolute Gasteiger partial charge is 0.494 e. The normalized spacial score (nSPS) is 14.0. The van der Waals surface area contributed by atoms with E-state index in [4.69, 9.17) is 9.15 Å². The van der Waals surface area contributed by atoms with Crippen LogP contribution in [0.1, 0.15) is 90.4 Å². The van der Waals surface area contributed by atoms with Crippen LogP contribution in [0.2, 0.25) is 0 Å². The van der Waals surface area contributed by atoms with Crippen LogP contribution in [0.25, 0.3) is 16.9 Å². The van der Waals surface area contributed by atoms with Crippen molar-refractivity contribution in [1.29, 1.82) is 0 Å². The Morgan fingerprint density at radius 3 is 2.26 bits per heavy atom. The monoisotopic (exact) mass is 529 g/mol. The summed E-state index contributed by atoms with van der Waals surface area (Å²) in [5.41, 5.74) is 4.90. The smallest absolute Gasteiger partial charge is 0.360 e. The van der Waals surface area contributed by atoms with Crippen LogP contribution < -0.4 is 4.74 Å². The van der Waals surface area contributed by atoms with Gasteiger partial charge in [0.25, 0.3) is 0 Å². The van der Waals surface area contributed by atoms with Crippen molar-refractivity contribution in [3.8, 4) is 17.1 Å². The molecule has 0 saturated carbocycles. The molecule has 0 saturated heterocycles. The van der Waals surface area contributed by atoms with E-state index in [1.807, 2.05) is 18.7 Å². The van der Waals surface area contributed by atoms with Crippen LogP contribution >= 0.6 is 11.8 Å². The average molecular weight is 530 g/mol. The minimum Gasteiger partial charge on any atom is -0.494 e. The second-order valence-electron chi connectivity index (χ2n) is 10.1. The lowest BCUT2D eigenvalue weighted by Crippen LogP contribution is -1.97. The highest BCUT2D eigenvalue weighted by Crippen LogP contribution is 2.32. The molecule has 0 spiro atoms. The van der Waals surface area contributed by atoms with Crippen molar-refractivity contribution >= 4 is 17.3 Å². The minimum atomic E-state index is 0.777. The maximum atomic E-state index is 6.16. The van der Waals surface area contributed by atoms with Gasteiger partial charge in [0.15, 0.2) is 0 Å². The van der Waals surface area contributed by atoms with E-state index in [1.165, 1.54) is 65.0 Å². The molecule has 0 N–H and O–H groups in total. The third-order valence-electron chi connectivity index (χ3n) is 6.50. The molecule has 3 heteroatoms. The van der Waals surface area contributed by atoms with Gasteiger partial charge >= 0.3 is 11.5 Å². The van der Waals surface area contributed by atoms with Crippen molar-refractivity contribution in [1.82, 2.24) is 0 Å². The topological polar surface area (TPSA) is 20.5 Å². The average Bonchev–Trinajstić information content (AvgIpc) is 2.89. The fourth-order valence-electron chi connectivity index (χ4n) is 4.54. The Morgan fingerprint density at radius 2 is 1.55 bits per heavy atom. The van der Waals surface area contributed by atoms with E-state index in [0.717, 1.165) is 42.3 Å². The van der Waals surface area contributed by atoms with Crippen LogP contribution in [0.5, 0.6) is 5.75 Å². The van der Waals surface area contributed by atoms with Crippen molar-refractivity contribution in [2.75, 3.05) is 6.61 Å². The van der Waals surface area contributed by atoms with Crippen molar-refractivity contribution < 1.29 is 9.15 Å². The fourth-order valence-corrected chi connectivity index (χ4v) is 5.44. The zero-order valence-electron chi connectivity index (χ0n) is 24.0. The van der Waals surface area contributed by atoms with Gasteiger partial charge in [0, 0.05) is 6.07 Å². The van der Waals surface area contributed by atoms with Gasteiger partial charge in [-0.2, -0.15) is 0 Å². The third-order valence-corrected chi connectivity index (χ3v) is 7.38. The molecule has 0 atom stereocenters. The van der Waals surface area contributed by atoms with Crippen LogP contribution in [0.3, 0.4) is 0 Å². The van der Waals surface area contributed by atoms with Crippen molar-refractivity contribution in [3.05, 3.63) is 99.6 Å². The van der Waals surface area contributed by atoms with Crippen LogP contribution in [-0.2, 0) is 0 Å². The van der Waals surface area contributed by atoms with Gasteiger partial charge in [-0.3, -0.25) is 0 Å². The van der Waals surface area contributed by atoms with Crippen LogP contribution in [0.4, 0.5) is 0 Å². The summed E-state index contributed by atoms with van der Waals surface area (Å²) < 4.78 is 12.1. The number of hydrogen-bond donors (Lipinski definition) is 0. The zero-order valence-corrected chi connectivity index (χ0v) is 24.8. The minimum absolute atomic E-state index is 0.777. The Hall–Kier alpha value is -2.78. The first-order valence-electron chi connectivity index (χ1n) is 14.3. The molecule has 2 nitrogen and oxygen atoms in total. The summed E-state index contributed by atoms with van der Waals surface area (Å²) in [6, 6.07) is 12.7. The number of rotatable bonds is 14. The number of aryl methyl sites for hydroxylation is 1. The fraction of sp³-hybridized carbons (Fsp3) is 0.400. The Labute approximate surface area is 235 Å². The molecule has 1 aliphatic rings. The van der Waals surface area contributed by atoms with Crippen LogP contribution in [-0.4, -0.2) is 6.61 Å².